The first kappa shape index (κ1) is 26.2. The van der Waals surface area contributed by atoms with Gasteiger partial charge in [0.2, 0.25) is 10.0 Å². The molecule has 1 aromatic heterocycles. The molecule has 2 N–H and O–H groups in total. The summed E-state index contributed by atoms with van der Waals surface area (Å²) < 4.78 is 32.8. The number of aromatic nitrogens is 1. The lowest BCUT2D eigenvalue weighted by Crippen LogP contribution is -2.32. The zero-order valence-electron chi connectivity index (χ0n) is 20.1. The van der Waals surface area contributed by atoms with Gasteiger partial charge in [-0.05, 0) is 67.8 Å². The summed E-state index contributed by atoms with van der Waals surface area (Å²) in [6.07, 6.45) is 6.37. The number of fused-ring (bicyclic) bond motifs is 1. The monoisotopic (exact) mass is 530 g/mol. The molecule has 1 amide bonds. The van der Waals surface area contributed by atoms with Crippen LogP contribution in [0.15, 0.2) is 59.6 Å². The van der Waals surface area contributed by atoms with Crippen molar-refractivity contribution in [3.8, 4) is 5.75 Å². The van der Waals surface area contributed by atoms with E-state index in [1.807, 2.05) is 24.3 Å². The van der Waals surface area contributed by atoms with E-state index in [9.17, 15) is 13.2 Å². The molecule has 0 aliphatic carbocycles. The van der Waals surface area contributed by atoms with Crippen molar-refractivity contribution in [3.63, 3.8) is 0 Å². The Morgan fingerprint density at radius 1 is 1.00 bits per heavy atom. The number of anilines is 1. The maximum Gasteiger partial charge on any atom is 0.257 e. The summed E-state index contributed by atoms with van der Waals surface area (Å²) in [6, 6.07) is 13.8. The van der Waals surface area contributed by atoms with Crippen LogP contribution in [0, 0.1) is 0 Å². The lowest BCUT2D eigenvalue weighted by atomic mass is 10.2. The SMILES string of the molecule is O=C(COc1ccc(S(=O)(=O)N2CCCCCC2)cc1)NCCCNc1ccnc2cc(Cl)ccc12. The molecule has 1 saturated heterocycles. The molecule has 0 spiro atoms. The lowest BCUT2D eigenvalue weighted by Gasteiger charge is -2.20. The number of benzene rings is 2. The third kappa shape index (κ3) is 6.87. The molecule has 1 fully saturated rings. The number of sulfonamides is 1. The second-order valence-corrected chi connectivity index (χ2v) is 11.1. The standard InChI is InChI=1S/C26H31ClN4O4S/c27-20-6-11-23-24(12-15-29-25(23)18-20)28-13-5-14-30-26(32)19-35-21-7-9-22(10-8-21)36(33,34)31-16-3-1-2-4-17-31/h6-12,15,18H,1-5,13-14,16-17,19H2,(H,28,29)(H,30,32). The number of carbonyl (C=O) groups excluding carboxylic acids is 1. The average Bonchev–Trinajstić information content (AvgIpc) is 3.18. The first-order valence-corrected chi connectivity index (χ1v) is 14.0. The maximum absolute atomic E-state index is 12.9. The zero-order valence-corrected chi connectivity index (χ0v) is 21.7. The van der Waals surface area contributed by atoms with Gasteiger partial charge in [0.05, 0.1) is 10.4 Å². The van der Waals surface area contributed by atoms with Gasteiger partial charge in [-0.2, -0.15) is 4.31 Å². The number of ether oxygens (including phenoxy) is 1. The van der Waals surface area contributed by atoms with Crippen molar-refractivity contribution >= 4 is 44.1 Å². The largest absolute Gasteiger partial charge is 0.484 e. The fourth-order valence-electron chi connectivity index (χ4n) is 4.15. The van der Waals surface area contributed by atoms with Crippen molar-refractivity contribution in [2.45, 2.75) is 37.0 Å². The summed E-state index contributed by atoms with van der Waals surface area (Å²) >= 11 is 6.03. The van der Waals surface area contributed by atoms with Gasteiger partial charge in [0.25, 0.3) is 5.91 Å². The highest BCUT2D eigenvalue weighted by atomic mass is 35.5. The second kappa shape index (κ2) is 12.4. The van der Waals surface area contributed by atoms with Gasteiger partial charge >= 0.3 is 0 Å². The van der Waals surface area contributed by atoms with Crippen LogP contribution in [0.4, 0.5) is 5.69 Å². The fourth-order valence-corrected chi connectivity index (χ4v) is 5.84. The molecule has 36 heavy (non-hydrogen) atoms. The Balaban J connectivity index is 1.18. The van der Waals surface area contributed by atoms with Crippen LogP contribution < -0.4 is 15.4 Å². The molecule has 1 aliphatic rings. The normalized spacial score (nSPS) is 14.8. The molecule has 0 bridgehead atoms. The summed E-state index contributed by atoms with van der Waals surface area (Å²) in [7, 11) is -3.50. The van der Waals surface area contributed by atoms with Crippen molar-refractivity contribution in [1.29, 1.82) is 0 Å². The molecule has 2 aromatic carbocycles. The number of hydrogen-bond acceptors (Lipinski definition) is 6. The molecule has 0 unspecified atom stereocenters. The number of nitrogens with one attached hydrogen (secondary N) is 2. The van der Waals surface area contributed by atoms with Gasteiger partial charge in [0.15, 0.2) is 6.61 Å². The van der Waals surface area contributed by atoms with Crippen molar-refractivity contribution in [1.82, 2.24) is 14.6 Å². The van der Waals surface area contributed by atoms with Crippen LogP contribution in [0.2, 0.25) is 5.02 Å². The number of pyridine rings is 1. The van der Waals surface area contributed by atoms with Crippen LogP contribution >= 0.6 is 11.6 Å². The second-order valence-electron chi connectivity index (χ2n) is 8.73. The number of halogens is 1. The molecule has 0 atom stereocenters. The molecule has 192 valence electrons. The van der Waals surface area contributed by atoms with E-state index in [1.165, 1.54) is 12.1 Å². The van der Waals surface area contributed by atoms with Crippen molar-refractivity contribution in [2.24, 2.45) is 0 Å². The summed E-state index contributed by atoms with van der Waals surface area (Å²) in [4.78, 5) is 16.7. The van der Waals surface area contributed by atoms with Gasteiger partial charge in [-0.25, -0.2) is 8.42 Å². The van der Waals surface area contributed by atoms with E-state index in [2.05, 4.69) is 15.6 Å². The molecular weight excluding hydrogens is 500 g/mol. The Hall–Kier alpha value is -2.88. The Kier molecular flexibility index (Phi) is 9.01. The van der Waals surface area contributed by atoms with E-state index in [0.29, 0.717) is 37.0 Å². The van der Waals surface area contributed by atoms with Crippen molar-refractivity contribution in [3.05, 3.63) is 59.8 Å². The van der Waals surface area contributed by atoms with Crippen LogP contribution in [0.3, 0.4) is 0 Å². The minimum atomic E-state index is -3.50. The summed E-state index contributed by atoms with van der Waals surface area (Å²) in [6.45, 7) is 2.16. The predicted molar refractivity (Wildman–Crippen MR) is 142 cm³/mol. The highest BCUT2D eigenvalue weighted by molar-refractivity contribution is 7.89. The van der Waals surface area contributed by atoms with Crippen LogP contribution in [0.5, 0.6) is 5.75 Å². The van der Waals surface area contributed by atoms with Gasteiger partial charge in [0, 0.05) is 48.5 Å². The summed E-state index contributed by atoms with van der Waals surface area (Å²) in [5.41, 5.74) is 1.79. The smallest absolute Gasteiger partial charge is 0.257 e. The van der Waals surface area contributed by atoms with E-state index in [-0.39, 0.29) is 17.4 Å². The summed E-state index contributed by atoms with van der Waals surface area (Å²) in [5, 5.41) is 7.83. The summed E-state index contributed by atoms with van der Waals surface area (Å²) in [5.74, 6) is 0.214. The number of rotatable bonds is 10. The van der Waals surface area contributed by atoms with Gasteiger partial charge in [0.1, 0.15) is 5.75 Å². The molecule has 10 heteroatoms. The molecule has 3 aromatic rings. The van der Waals surface area contributed by atoms with Crippen LogP contribution in [0.25, 0.3) is 10.9 Å². The number of hydrogen-bond donors (Lipinski definition) is 2. The molecule has 4 rings (SSSR count). The highest BCUT2D eigenvalue weighted by Crippen LogP contribution is 2.24. The number of amides is 1. The van der Waals surface area contributed by atoms with Crippen molar-refractivity contribution in [2.75, 3.05) is 38.1 Å². The topological polar surface area (TPSA) is 101 Å². The molecule has 0 saturated carbocycles. The average molecular weight is 531 g/mol. The first-order valence-electron chi connectivity index (χ1n) is 12.2. The zero-order chi connectivity index (χ0) is 25.4. The molecule has 0 radical (unpaired) electrons. The Morgan fingerprint density at radius 2 is 1.75 bits per heavy atom. The van der Waals surface area contributed by atoms with Crippen LogP contribution in [0.1, 0.15) is 32.1 Å². The highest BCUT2D eigenvalue weighted by Gasteiger charge is 2.25. The minimum Gasteiger partial charge on any atom is -0.484 e. The minimum absolute atomic E-state index is 0.137. The molecular formula is C26H31ClN4O4S. The first-order chi connectivity index (χ1) is 17.4. The molecule has 1 aliphatic heterocycles. The molecule has 2 heterocycles. The van der Waals surface area contributed by atoms with Crippen LogP contribution in [-0.4, -0.2) is 56.4 Å². The predicted octanol–water partition coefficient (Wildman–Crippen LogP) is 4.45. The van der Waals surface area contributed by atoms with E-state index >= 15 is 0 Å². The van der Waals surface area contributed by atoms with E-state index < -0.39 is 10.0 Å². The molecule has 8 nitrogen and oxygen atoms in total. The lowest BCUT2D eigenvalue weighted by molar-refractivity contribution is -0.123. The fraction of sp³-hybridized carbons (Fsp3) is 0.385. The number of carbonyl (C=O) groups is 1. The Bertz CT molecular complexity index is 1280. The van der Waals surface area contributed by atoms with E-state index in [4.69, 9.17) is 16.3 Å². The third-order valence-electron chi connectivity index (χ3n) is 6.09. The van der Waals surface area contributed by atoms with E-state index in [1.54, 1.807) is 22.6 Å². The Morgan fingerprint density at radius 3 is 2.50 bits per heavy atom. The van der Waals surface area contributed by atoms with Crippen LogP contribution in [-0.2, 0) is 14.8 Å². The maximum atomic E-state index is 12.9. The Labute approximate surface area is 217 Å². The van der Waals surface area contributed by atoms with Gasteiger partial charge in [-0.3, -0.25) is 9.78 Å². The van der Waals surface area contributed by atoms with E-state index in [0.717, 1.165) is 48.7 Å². The number of nitrogens with zero attached hydrogens (tertiary/aromatic N) is 2. The quantitative estimate of drug-likeness (QED) is 0.376. The third-order valence-corrected chi connectivity index (χ3v) is 8.24. The van der Waals surface area contributed by atoms with Gasteiger partial charge < -0.3 is 15.4 Å². The van der Waals surface area contributed by atoms with Gasteiger partial charge in [-0.1, -0.05) is 24.4 Å². The van der Waals surface area contributed by atoms with Gasteiger partial charge in [-0.15, -0.1) is 0 Å². The van der Waals surface area contributed by atoms with Crippen molar-refractivity contribution < 1.29 is 17.9 Å².